The predicted octanol–water partition coefficient (Wildman–Crippen LogP) is 2.73. The zero-order valence-electron chi connectivity index (χ0n) is 10.4. The van der Waals surface area contributed by atoms with Gasteiger partial charge in [-0.2, -0.15) is 0 Å². The highest BCUT2D eigenvalue weighted by molar-refractivity contribution is 9.10. The predicted molar refractivity (Wildman–Crippen MR) is 68.0 cm³/mol. The average Bonchev–Trinajstić information content (AvgIpc) is 2.26. The molecule has 0 atom stereocenters. The van der Waals surface area contributed by atoms with Gasteiger partial charge in [-0.1, -0.05) is 0 Å². The first-order valence-electron chi connectivity index (χ1n) is 5.20. The lowest BCUT2D eigenvalue weighted by Gasteiger charge is -2.21. The monoisotopic (exact) mass is 301 g/mol. The van der Waals surface area contributed by atoms with Crippen molar-refractivity contribution in [1.82, 2.24) is 4.98 Å². The van der Waals surface area contributed by atoms with Crippen molar-refractivity contribution in [3.63, 3.8) is 0 Å². The zero-order chi connectivity index (χ0) is 13.1. The Bertz CT molecular complexity index is 418. The van der Waals surface area contributed by atoms with Gasteiger partial charge in [0.2, 0.25) is 5.88 Å². The molecule has 1 aromatic heterocycles. The van der Waals surface area contributed by atoms with Crippen molar-refractivity contribution >= 4 is 21.9 Å². The van der Waals surface area contributed by atoms with E-state index >= 15 is 0 Å². The number of ether oxygens (including phenoxy) is 2. The van der Waals surface area contributed by atoms with Crippen LogP contribution in [0.25, 0.3) is 0 Å². The van der Waals surface area contributed by atoms with Crippen molar-refractivity contribution in [2.75, 3.05) is 13.7 Å². The van der Waals surface area contributed by atoms with Crippen LogP contribution in [0.15, 0.2) is 16.7 Å². The molecule has 0 aromatic carbocycles. The van der Waals surface area contributed by atoms with Gasteiger partial charge < -0.3 is 9.47 Å². The van der Waals surface area contributed by atoms with E-state index in [1.807, 2.05) is 13.0 Å². The van der Waals surface area contributed by atoms with Crippen molar-refractivity contribution in [1.29, 1.82) is 0 Å². The van der Waals surface area contributed by atoms with Crippen LogP contribution in [-0.2, 0) is 9.53 Å². The van der Waals surface area contributed by atoms with E-state index in [4.69, 9.17) is 9.47 Å². The minimum Gasteiger partial charge on any atom is -0.476 e. The van der Waals surface area contributed by atoms with E-state index in [9.17, 15) is 4.79 Å². The van der Waals surface area contributed by atoms with E-state index in [0.717, 1.165) is 10.0 Å². The van der Waals surface area contributed by atoms with Crippen molar-refractivity contribution < 1.29 is 14.3 Å². The van der Waals surface area contributed by atoms with Crippen LogP contribution in [0.2, 0.25) is 0 Å². The topological polar surface area (TPSA) is 48.4 Å². The molecule has 0 N–H and O–H groups in total. The van der Waals surface area contributed by atoms with Crippen LogP contribution >= 0.6 is 15.9 Å². The molecule has 17 heavy (non-hydrogen) atoms. The summed E-state index contributed by atoms with van der Waals surface area (Å²) in [7, 11) is 1.37. The Balaban J connectivity index is 2.70. The van der Waals surface area contributed by atoms with Crippen LogP contribution in [0.3, 0.4) is 0 Å². The molecule has 0 radical (unpaired) electrons. The fraction of sp³-hybridized carbons (Fsp3) is 0.500. The second-order valence-electron chi connectivity index (χ2n) is 4.44. The summed E-state index contributed by atoms with van der Waals surface area (Å²) in [4.78, 5) is 15.6. The van der Waals surface area contributed by atoms with Gasteiger partial charge in [-0.3, -0.25) is 4.79 Å². The highest BCUT2D eigenvalue weighted by atomic mass is 79.9. The minimum absolute atomic E-state index is 0.231. The molecule has 0 saturated heterocycles. The van der Waals surface area contributed by atoms with Gasteiger partial charge in [0.1, 0.15) is 6.61 Å². The first kappa shape index (κ1) is 14.0. The number of aryl methyl sites for hydroxylation is 1. The summed E-state index contributed by atoms with van der Waals surface area (Å²) in [5.74, 6) is 0.234. The second kappa shape index (κ2) is 5.49. The third-order valence-corrected chi connectivity index (χ3v) is 2.74. The fourth-order valence-electron chi connectivity index (χ4n) is 1.26. The molecule has 1 aromatic rings. The van der Waals surface area contributed by atoms with Crippen LogP contribution in [0.4, 0.5) is 0 Å². The molecule has 0 fully saturated rings. The lowest BCUT2D eigenvalue weighted by Crippen LogP contribution is -2.32. The van der Waals surface area contributed by atoms with E-state index in [2.05, 4.69) is 20.9 Å². The van der Waals surface area contributed by atoms with E-state index in [-0.39, 0.29) is 12.6 Å². The normalized spacial score (nSPS) is 11.1. The Hall–Kier alpha value is -1.10. The molecule has 4 nitrogen and oxygen atoms in total. The number of esters is 1. The maximum atomic E-state index is 11.5. The molecule has 0 saturated carbocycles. The summed E-state index contributed by atoms with van der Waals surface area (Å²) in [6.07, 6.45) is 1.66. The number of hydrogen-bond donors (Lipinski definition) is 0. The van der Waals surface area contributed by atoms with Crippen molar-refractivity contribution in [2.45, 2.75) is 20.8 Å². The van der Waals surface area contributed by atoms with Gasteiger partial charge in [0.05, 0.1) is 12.5 Å². The van der Waals surface area contributed by atoms with Gasteiger partial charge in [-0.25, -0.2) is 4.98 Å². The molecule has 0 amide bonds. The minimum atomic E-state index is -0.685. The highest BCUT2D eigenvalue weighted by Gasteiger charge is 2.30. The average molecular weight is 302 g/mol. The van der Waals surface area contributed by atoms with Gasteiger partial charge in [0, 0.05) is 16.2 Å². The number of carbonyl (C=O) groups excluding carboxylic acids is 1. The van der Waals surface area contributed by atoms with Crippen LogP contribution in [0.1, 0.15) is 19.4 Å². The number of aromatic nitrogens is 1. The molecule has 0 unspecified atom stereocenters. The Morgan fingerprint density at radius 2 is 2.18 bits per heavy atom. The molecule has 1 rings (SSSR count). The summed E-state index contributed by atoms with van der Waals surface area (Å²) in [6, 6.07) is 1.91. The largest absolute Gasteiger partial charge is 0.476 e. The van der Waals surface area contributed by atoms with Crippen LogP contribution in [-0.4, -0.2) is 24.7 Å². The first-order valence-corrected chi connectivity index (χ1v) is 5.99. The zero-order valence-corrected chi connectivity index (χ0v) is 12.0. The summed E-state index contributed by atoms with van der Waals surface area (Å²) in [6.45, 7) is 5.67. The first-order chi connectivity index (χ1) is 7.86. The lowest BCUT2D eigenvalue weighted by atomic mass is 9.95. The number of nitrogens with zero attached hydrogens (tertiary/aromatic N) is 1. The molecule has 0 aliphatic heterocycles. The third kappa shape index (κ3) is 3.70. The summed E-state index contributed by atoms with van der Waals surface area (Å²) >= 11 is 3.33. The number of halogens is 1. The van der Waals surface area contributed by atoms with E-state index in [1.54, 1.807) is 20.0 Å². The van der Waals surface area contributed by atoms with E-state index in [1.165, 1.54) is 7.11 Å². The SMILES string of the molecule is COC(=O)C(C)(C)COc1ncc(Br)cc1C. The molecule has 0 aliphatic rings. The molecule has 0 aliphatic carbocycles. The van der Waals surface area contributed by atoms with Crippen LogP contribution in [0.5, 0.6) is 5.88 Å². The fourth-order valence-corrected chi connectivity index (χ4v) is 1.71. The number of rotatable bonds is 4. The smallest absolute Gasteiger partial charge is 0.314 e. The van der Waals surface area contributed by atoms with E-state index in [0.29, 0.717) is 5.88 Å². The number of carbonyl (C=O) groups is 1. The van der Waals surface area contributed by atoms with Crippen LogP contribution in [0, 0.1) is 12.3 Å². The molecular weight excluding hydrogens is 286 g/mol. The number of pyridine rings is 1. The number of methoxy groups -OCH3 is 1. The Morgan fingerprint density at radius 1 is 1.53 bits per heavy atom. The molecule has 94 valence electrons. The Morgan fingerprint density at radius 3 is 2.71 bits per heavy atom. The molecule has 5 heteroatoms. The summed E-state index contributed by atoms with van der Waals surface area (Å²) in [5, 5.41) is 0. The molecular formula is C12H16BrNO3. The van der Waals surface area contributed by atoms with Gasteiger partial charge in [0.15, 0.2) is 0 Å². The van der Waals surface area contributed by atoms with Crippen molar-refractivity contribution in [3.05, 3.63) is 22.3 Å². The third-order valence-electron chi connectivity index (χ3n) is 2.30. The number of hydrogen-bond acceptors (Lipinski definition) is 4. The Labute approximate surface area is 109 Å². The van der Waals surface area contributed by atoms with Gasteiger partial charge >= 0.3 is 5.97 Å². The standard InChI is InChI=1S/C12H16BrNO3/c1-8-5-9(13)6-14-10(8)17-7-12(2,3)11(15)16-4/h5-6H,7H2,1-4H3. The Kier molecular flexibility index (Phi) is 4.51. The highest BCUT2D eigenvalue weighted by Crippen LogP contribution is 2.22. The van der Waals surface area contributed by atoms with Crippen molar-refractivity contribution in [2.24, 2.45) is 5.41 Å². The van der Waals surface area contributed by atoms with Gasteiger partial charge in [0.25, 0.3) is 0 Å². The maximum absolute atomic E-state index is 11.5. The lowest BCUT2D eigenvalue weighted by molar-refractivity contribution is -0.152. The molecule has 0 bridgehead atoms. The van der Waals surface area contributed by atoms with Crippen molar-refractivity contribution in [3.8, 4) is 5.88 Å². The second-order valence-corrected chi connectivity index (χ2v) is 5.36. The quantitative estimate of drug-likeness (QED) is 0.802. The van der Waals surface area contributed by atoms with Gasteiger partial charge in [-0.05, 0) is 42.8 Å². The van der Waals surface area contributed by atoms with Gasteiger partial charge in [-0.15, -0.1) is 0 Å². The van der Waals surface area contributed by atoms with E-state index < -0.39 is 5.41 Å². The summed E-state index contributed by atoms with van der Waals surface area (Å²) < 4.78 is 11.2. The van der Waals surface area contributed by atoms with Crippen LogP contribution < -0.4 is 4.74 Å². The summed E-state index contributed by atoms with van der Waals surface area (Å²) in [5.41, 5.74) is 0.232. The molecule has 1 heterocycles. The maximum Gasteiger partial charge on any atom is 0.314 e. The molecule has 0 spiro atoms.